The molecule has 0 fully saturated rings. The Kier molecular flexibility index (Phi) is 3.43. The van der Waals surface area contributed by atoms with Gasteiger partial charge < -0.3 is 5.73 Å². The lowest BCUT2D eigenvalue weighted by Gasteiger charge is -2.01. The topological polar surface area (TPSA) is 43.8 Å². The molecule has 0 atom stereocenters. The predicted octanol–water partition coefficient (Wildman–Crippen LogP) is 3.87. The molecule has 0 saturated carbocycles. The van der Waals surface area contributed by atoms with Crippen LogP contribution in [0.15, 0.2) is 54.7 Å². The van der Waals surface area contributed by atoms with E-state index in [1.165, 1.54) is 12.1 Å². The summed E-state index contributed by atoms with van der Waals surface area (Å²) in [6, 6.07) is 14.2. The molecule has 0 amide bonds. The van der Waals surface area contributed by atoms with Crippen LogP contribution in [0.5, 0.6) is 0 Å². The maximum absolute atomic E-state index is 13.3. The maximum Gasteiger partial charge on any atom is 0.125 e. The molecule has 100 valence electrons. The van der Waals surface area contributed by atoms with Gasteiger partial charge in [-0.25, -0.2) is 9.07 Å². The minimum atomic E-state index is -0.299. The number of halogens is 2. The van der Waals surface area contributed by atoms with Crippen molar-refractivity contribution in [2.45, 2.75) is 0 Å². The Balaban J connectivity index is 2.05. The van der Waals surface area contributed by atoms with Gasteiger partial charge in [0.25, 0.3) is 0 Å². The molecule has 2 aromatic carbocycles. The zero-order valence-corrected chi connectivity index (χ0v) is 12.6. The van der Waals surface area contributed by atoms with E-state index in [1.54, 1.807) is 23.0 Å². The van der Waals surface area contributed by atoms with E-state index >= 15 is 0 Å². The molecule has 1 aromatic heterocycles. The molecule has 0 aliphatic heterocycles. The first kappa shape index (κ1) is 13.1. The average Bonchev–Trinajstić information content (AvgIpc) is 2.82. The van der Waals surface area contributed by atoms with Gasteiger partial charge in [-0.1, -0.05) is 18.2 Å². The zero-order valence-electron chi connectivity index (χ0n) is 10.4. The molecule has 0 spiro atoms. The summed E-state index contributed by atoms with van der Waals surface area (Å²) in [6.45, 7) is 0. The summed E-state index contributed by atoms with van der Waals surface area (Å²) in [7, 11) is 0. The zero-order chi connectivity index (χ0) is 14.1. The second-order valence-corrected chi connectivity index (χ2v) is 5.61. The van der Waals surface area contributed by atoms with Crippen molar-refractivity contribution in [2.24, 2.45) is 0 Å². The third kappa shape index (κ3) is 2.53. The lowest BCUT2D eigenvalue weighted by Crippen LogP contribution is -1.95. The molecule has 0 bridgehead atoms. The van der Waals surface area contributed by atoms with Crippen LogP contribution in [0.3, 0.4) is 0 Å². The number of benzene rings is 2. The first-order chi connectivity index (χ1) is 9.63. The fourth-order valence-electron chi connectivity index (χ4n) is 1.97. The molecule has 2 N–H and O–H groups in total. The predicted molar refractivity (Wildman–Crippen MR) is 86.1 cm³/mol. The lowest BCUT2D eigenvalue weighted by molar-refractivity contribution is 0.625. The van der Waals surface area contributed by atoms with Crippen molar-refractivity contribution in [3.8, 4) is 16.9 Å². The first-order valence-corrected chi connectivity index (χ1v) is 7.08. The number of hydrogen-bond donors (Lipinski definition) is 1. The highest BCUT2D eigenvalue weighted by Gasteiger charge is 2.10. The van der Waals surface area contributed by atoms with Crippen LogP contribution in [0, 0.1) is 9.39 Å². The van der Waals surface area contributed by atoms with E-state index in [2.05, 4.69) is 27.7 Å². The molecule has 0 aliphatic carbocycles. The Morgan fingerprint density at radius 2 is 1.85 bits per heavy atom. The average molecular weight is 379 g/mol. The highest BCUT2D eigenvalue weighted by Crippen LogP contribution is 2.26. The molecule has 1 heterocycles. The van der Waals surface area contributed by atoms with Gasteiger partial charge in [-0.15, -0.1) is 0 Å². The van der Waals surface area contributed by atoms with Crippen LogP contribution in [-0.2, 0) is 0 Å². The van der Waals surface area contributed by atoms with Crippen molar-refractivity contribution < 1.29 is 4.39 Å². The maximum atomic E-state index is 13.3. The standard InChI is InChI=1S/C15H11FIN3/c16-11-2-1-3-13(8-11)20-9-14(18)15(19-20)10-4-6-12(17)7-5-10/h1-9H,18H2. The normalized spacial score (nSPS) is 10.7. The highest BCUT2D eigenvalue weighted by atomic mass is 127. The molecule has 3 aromatic rings. The highest BCUT2D eigenvalue weighted by molar-refractivity contribution is 14.1. The minimum absolute atomic E-state index is 0.299. The van der Waals surface area contributed by atoms with Gasteiger partial charge in [-0.3, -0.25) is 0 Å². The molecular formula is C15H11FIN3. The molecule has 0 unspecified atom stereocenters. The Morgan fingerprint density at radius 1 is 1.10 bits per heavy atom. The second kappa shape index (κ2) is 5.24. The van der Waals surface area contributed by atoms with Crippen molar-refractivity contribution >= 4 is 28.3 Å². The third-order valence-corrected chi connectivity index (χ3v) is 3.65. The van der Waals surface area contributed by atoms with Crippen LogP contribution >= 0.6 is 22.6 Å². The van der Waals surface area contributed by atoms with Crippen LogP contribution < -0.4 is 5.73 Å². The summed E-state index contributed by atoms with van der Waals surface area (Å²) in [5, 5.41) is 4.44. The Labute approximate surface area is 129 Å². The number of aromatic nitrogens is 2. The molecule has 0 aliphatic rings. The molecule has 3 rings (SSSR count). The van der Waals surface area contributed by atoms with Crippen molar-refractivity contribution in [3.05, 3.63) is 64.1 Å². The van der Waals surface area contributed by atoms with Gasteiger partial charge in [0, 0.05) is 9.13 Å². The number of anilines is 1. The summed E-state index contributed by atoms with van der Waals surface area (Å²) < 4.78 is 16.0. The Bertz CT molecular complexity index is 750. The number of rotatable bonds is 2. The molecule has 3 nitrogen and oxygen atoms in total. The van der Waals surface area contributed by atoms with Crippen LogP contribution in [-0.4, -0.2) is 9.78 Å². The number of nitrogens with zero attached hydrogens (tertiary/aromatic N) is 2. The van der Waals surface area contributed by atoms with Crippen LogP contribution in [0.2, 0.25) is 0 Å². The monoisotopic (exact) mass is 379 g/mol. The molecule has 20 heavy (non-hydrogen) atoms. The van der Waals surface area contributed by atoms with Gasteiger partial charge in [-0.05, 0) is 52.9 Å². The van der Waals surface area contributed by atoms with E-state index in [9.17, 15) is 4.39 Å². The summed E-state index contributed by atoms with van der Waals surface area (Å²) in [5.41, 5.74) is 8.86. The lowest BCUT2D eigenvalue weighted by atomic mass is 10.1. The summed E-state index contributed by atoms with van der Waals surface area (Å²) >= 11 is 2.24. The second-order valence-electron chi connectivity index (χ2n) is 4.36. The molecular weight excluding hydrogens is 368 g/mol. The van der Waals surface area contributed by atoms with Gasteiger partial charge in [0.1, 0.15) is 11.5 Å². The van der Waals surface area contributed by atoms with E-state index in [0.717, 1.165) is 9.13 Å². The van der Waals surface area contributed by atoms with Crippen LogP contribution in [0.4, 0.5) is 10.1 Å². The minimum Gasteiger partial charge on any atom is -0.396 e. The van der Waals surface area contributed by atoms with Crippen LogP contribution in [0.1, 0.15) is 0 Å². The number of hydrogen-bond acceptors (Lipinski definition) is 2. The summed E-state index contributed by atoms with van der Waals surface area (Å²) in [4.78, 5) is 0. The smallest absolute Gasteiger partial charge is 0.125 e. The van der Waals surface area contributed by atoms with Crippen molar-refractivity contribution in [1.29, 1.82) is 0 Å². The van der Waals surface area contributed by atoms with Gasteiger partial charge in [0.15, 0.2) is 0 Å². The fourth-order valence-corrected chi connectivity index (χ4v) is 2.33. The van der Waals surface area contributed by atoms with Crippen LogP contribution in [0.25, 0.3) is 16.9 Å². The van der Waals surface area contributed by atoms with Gasteiger partial charge in [0.05, 0.1) is 17.6 Å². The van der Waals surface area contributed by atoms with Crippen molar-refractivity contribution in [1.82, 2.24) is 9.78 Å². The molecule has 0 radical (unpaired) electrons. The van der Waals surface area contributed by atoms with Gasteiger partial charge >= 0.3 is 0 Å². The Morgan fingerprint density at radius 3 is 2.55 bits per heavy atom. The van der Waals surface area contributed by atoms with Gasteiger partial charge in [-0.2, -0.15) is 5.10 Å². The van der Waals surface area contributed by atoms with Gasteiger partial charge in [0.2, 0.25) is 0 Å². The number of nitrogens with two attached hydrogens (primary N) is 1. The van der Waals surface area contributed by atoms with Crippen molar-refractivity contribution in [2.75, 3.05) is 5.73 Å². The third-order valence-electron chi connectivity index (χ3n) is 2.93. The summed E-state index contributed by atoms with van der Waals surface area (Å²) in [5.74, 6) is -0.299. The first-order valence-electron chi connectivity index (χ1n) is 6.00. The number of nitrogen functional groups attached to an aromatic ring is 1. The van der Waals surface area contributed by atoms with Crippen molar-refractivity contribution in [3.63, 3.8) is 0 Å². The fraction of sp³-hybridized carbons (Fsp3) is 0. The van der Waals surface area contributed by atoms with E-state index in [0.29, 0.717) is 17.1 Å². The largest absolute Gasteiger partial charge is 0.396 e. The van der Waals surface area contributed by atoms with E-state index in [4.69, 9.17) is 5.73 Å². The molecule has 5 heteroatoms. The van der Waals surface area contributed by atoms with E-state index < -0.39 is 0 Å². The van der Waals surface area contributed by atoms with E-state index in [1.807, 2.05) is 24.3 Å². The Hall–Kier alpha value is -1.89. The summed E-state index contributed by atoms with van der Waals surface area (Å²) in [6.07, 6.45) is 1.70. The molecule has 0 saturated heterocycles. The SMILES string of the molecule is Nc1cn(-c2cccc(F)c2)nc1-c1ccc(I)cc1. The van der Waals surface area contributed by atoms with E-state index in [-0.39, 0.29) is 5.82 Å². The quantitative estimate of drug-likeness (QED) is 0.688.